The maximum atomic E-state index is 13.5. The quantitative estimate of drug-likeness (QED) is 0.221. The van der Waals surface area contributed by atoms with E-state index in [9.17, 15) is 18.0 Å². The van der Waals surface area contributed by atoms with Crippen molar-refractivity contribution in [1.82, 2.24) is 24.8 Å². The average molecular weight is 608 g/mol. The van der Waals surface area contributed by atoms with Crippen LogP contribution in [0.15, 0.2) is 35.5 Å². The third kappa shape index (κ3) is 6.71. The molecule has 0 bridgehead atoms. The van der Waals surface area contributed by atoms with E-state index < -0.39 is 18.2 Å². The number of nitrogens with zero attached hydrogens (tertiary/aromatic N) is 4. The summed E-state index contributed by atoms with van der Waals surface area (Å²) >= 11 is 1.05. The van der Waals surface area contributed by atoms with E-state index in [-0.39, 0.29) is 35.6 Å². The summed E-state index contributed by atoms with van der Waals surface area (Å²) in [6, 6.07) is 4.84. The van der Waals surface area contributed by atoms with Gasteiger partial charge in [0.05, 0.1) is 10.5 Å². The van der Waals surface area contributed by atoms with Gasteiger partial charge in [0, 0.05) is 43.3 Å². The zero-order chi connectivity index (χ0) is 31.1. The third-order valence-electron chi connectivity index (χ3n) is 8.11. The van der Waals surface area contributed by atoms with Crippen molar-refractivity contribution in [1.29, 1.82) is 5.41 Å². The Morgan fingerprint density at radius 3 is 2.48 bits per heavy atom. The zero-order valence-corrected chi connectivity index (χ0v) is 26.0. The number of pyridine rings is 1. The van der Waals surface area contributed by atoms with Crippen molar-refractivity contribution < 1.29 is 22.7 Å². The number of allylic oxidation sites excluding steroid dienone is 1. The first kappa shape index (κ1) is 31.7. The lowest BCUT2D eigenvalue weighted by Gasteiger charge is -2.34. The van der Waals surface area contributed by atoms with Crippen LogP contribution in [-0.4, -0.2) is 58.3 Å². The normalized spacial score (nSPS) is 19.9. The van der Waals surface area contributed by atoms with E-state index in [4.69, 9.17) is 15.1 Å². The van der Waals surface area contributed by atoms with Gasteiger partial charge >= 0.3 is 6.18 Å². The highest BCUT2D eigenvalue weighted by molar-refractivity contribution is 8.02. The van der Waals surface area contributed by atoms with Crippen molar-refractivity contribution in [2.45, 2.75) is 72.5 Å². The first-order valence-corrected chi connectivity index (χ1v) is 14.7. The highest BCUT2D eigenvalue weighted by Gasteiger charge is 2.64. The number of carbonyl (C=O) groups is 1. The fourth-order valence-electron chi connectivity index (χ4n) is 5.03. The molecule has 1 saturated carbocycles. The molecule has 2 aromatic heterocycles. The summed E-state index contributed by atoms with van der Waals surface area (Å²) in [6.07, 6.45) is -0.0766. The van der Waals surface area contributed by atoms with Crippen molar-refractivity contribution in [2.24, 2.45) is 16.7 Å². The molecule has 4 rings (SSSR count). The number of nitrogens with one attached hydrogen (secondary N) is 3. The molecule has 1 amide bonds. The first-order valence-electron chi connectivity index (χ1n) is 13.9. The van der Waals surface area contributed by atoms with Crippen molar-refractivity contribution in [3.63, 3.8) is 0 Å². The monoisotopic (exact) mass is 607 g/mol. The number of halogens is 3. The van der Waals surface area contributed by atoms with E-state index in [0.29, 0.717) is 40.3 Å². The van der Waals surface area contributed by atoms with Crippen LogP contribution in [0.2, 0.25) is 0 Å². The van der Waals surface area contributed by atoms with Crippen molar-refractivity contribution in [2.75, 3.05) is 25.1 Å². The summed E-state index contributed by atoms with van der Waals surface area (Å²) in [7, 11) is 1.72. The molecule has 3 heterocycles. The zero-order valence-electron chi connectivity index (χ0n) is 25.1. The predicted octanol–water partition coefficient (Wildman–Crippen LogP) is 6.12. The first-order chi connectivity index (χ1) is 19.5. The van der Waals surface area contributed by atoms with Crippen LogP contribution in [0.5, 0.6) is 5.88 Å². The van der Waals surface area contributed by atoms with Gasteiger partial charge in [0.2, 0.25) is 5.88 Å². The van der Waals surface area contributed by atoms with Gasteiger partial charge in [-0.1, -0.05) is 20.8 Å². The Labute approximate surface area is 249 Å². The summed E-state index contributed by atoms with van der Waals surface area (Å²) in [5.74, 6) is 0.954. The molecule has 0 aromatic carbocycles. The molecule has 1 unspecified atom stereocenters. The van der Waals surface area contributed by atoms with Gasteiger partial charge in [-0.15, -0.1) is 5.10 Å². The Morgan fingerprint density at radius 2 is 1.93 bits per heavy atom. The number of ether oxygens (including phenoxy) is 1. The van der Waals surface area contributed by atoms with Gasteiger partial charge in [-0.3, -0.25) is 9.52 Å². The number of alkyl halides is 3. The Hall–Kier alpha value is -3.22. The minimum atomic E-state index is -4.31. The molecule has 1 atom stereocenters. The van der Waals surface area contributed by atoms with E-state index in [2.05, 4.69) is 54.7 Å². The second-order valence-electron chi connectivity index (χ2n) is 12.9. The van der Waals surface area contributed by atoms with Crippen LogP contribution >= 0.6 is 11.9 Å². The Morgan fingerprint density at radius 1 is 1.24 bits per heavy atom. The molecular formula is C29H40F3N7O2S. The Bertz CT molecular complexity index is 1360. The molecule has 1 aliphatic heterocycles. The van der Waals surface area contributed by atoms with Crippen molar-refractivity contribution in [3.05, 3.63) is 41.1 Å². The molecule has 9 nitrogen and oxygen atoms in total. The molecular weight excluding hydrogens is 567 g/mol. The topological polar surface area (TPSA) is 108 Å². The molecule has 1 aliphatic carbocycles. The lowest BCUT2D eigenvalue weighted by atomic mass is 9.78. The standard InChI is InChI=1S/C29H40F3N7O2S/c1-18(33)21(15-34-7)42-37-25(40)20-8-9-22(35-24(20)38-16-19(26(2,3)4)14-27(38,5)6)39-13-10-23(36-39)41-17-28(11-12-28)29(30,31)32/h8-10,13,15,19,33-34H,11-12,14,16-17H2,1-7H3,(H,37,40)/b21-15+,33-18?. The maximum Gasteiger partial charge on any atom is 0.397 e. The van der Waals surface area contributed by atoms with Gasteiger partial charge in [-0.2, -0.15) is 13.2 Å². The molecule has 13 heteroatoms. The highest BCUT2D eigenvalue weighted by atomic mass is 32.2. The van der Waals surface area contributed by atoms with Crippen molar-refractivity contribution >= 4 is 29.4 Å². The molecule has 2 fully saturated rings. The number of hydrogen-bond donors (Lipinski definition) is 3. The molecule has 2 aromatic rings. The summed E-state index contributed by atoms with van der Waals surface area (Å²) < 4.78 is 49.7. The SMILES string of the molecule is CN/C=C(/SNC(=O)c1ccc(-n2ccc(OCC3(C(F)(F)F)CC3)n2)nc1N1CC(C(C)(C)C)CC1(C)C)C(C)=N. The fourth-order valence-corrected chi connectivity index (χ4v) is 5.68. The van der Waals surface area contributed by atoms with Gasteiger partial charge in [0.25, 0.3) is 5.91 Å². The number of rotatable bonds is 10. The molecule has 230 valence electrons. The Kier molecular flexibility index (Phi) is 8.65. The van der Waals surface area contributed by atoms with Crippen LogP contribution in [0.3, 0.4) is 0 Å². The second kappa shape index (κ2) is 11.5. The van der Waals surface area contributed by atoms with Gasteiger partial charge in [0.1, 0.15) is 17.8 Å². The molecule has 42 heavy (non-hydrogen) atoms. The number of anilines is 1. The van der Waals surface area contributed by atoms with Crippen LogP contribution in [0.4, 0.5) is 19.0 Å². The largest absolute Gasteiger partial charge is 0.476 e. The minimum absolute atomic E-state index is 0.0415. The van der Waals surface area contributed by atoms with E-state index in [1.165, 1.54) is 10.7 Å². The van der Waals surface area contributed by atoms with E-state index in [1.807, 2.05) is 0 Å². The van der Waals surface area contributed by atoms with Crippen LogP contribution in [0, 0.1) is 22.2 Å². The third-order valence-corrected chi connectivity index (χ3v) is 9.05. The van der Waals surface area contributed by atoms with Gasteiger partial charge < -0.3 is 20.4 Å². The van der Waals surface area contributed by atoms with Crippen LogP contribution < -0.4 is 19.7 Å². The van der Waals surface area contributed by atoms with Crippen LogP contribution in [-0.2, 0) is 0 Å². The average Bonchev–Trinajstić information content (AvgIpc) is 3.43. The van der Waals surface area contributed by atoms with Crippen LogP contribution in [0.1, 0.15) is 71.2 Å². The van der Waals surface area contributed by atoms with Gasteiger partial charge in [-0.05, 0) is 75.4 Å². The van der Waals surface area contributed by atoms with E-state index >= 15 is 0 Å². The van der Waals surface area contributed by atoms with E-state index in [1.54, 1.807) is 38.5 Å². The molecule has 1 saturated heterocycles. The number of aromatic nitrogens is 3. The van der Waals surface area contributed by atoms with Gasteiger partial charge in [-0.25, -0.2) is 9.67 Å². The minimum Gasteiger partial charge on any atom is -0.476 e. The summed E-state index contributed by atoms with van der Waals surface area (Å²) in [6.45, 7) is 12.7. The molecule has 0 radical (unpaired) electrons. The van der Waals surface area contributed by atoms with Crippen LogP contribution in [0.25, 0.3) is 5.82 Å². The summed E-state index contributed by atoms with van der Waals surface area (Å²) in [5, 5.41) is 15.2. The van der Waals surface area contributed by atoms with Gasteiger partial charge in [0.15, 0.2) is 5.82 Å². The lowest BCUT2D eigenvalue weighted by molar-refractivity contribution is -0.194. The second-order valence-corrected chi connectivity index (χ2v) is 13.7. The number of carbonyl (C=O) groups excluding carboxylic acids is 1. The maximum absolute atomic E-state index is 13.5. The highest BCUT2D eigenvalue weighted by Crippen LogP contribution is 2.57. The fraction of sp³-hybridized carbons (Fsp3) is 0.586. The summed E-state index contributed by atoms with van der Waals surface area (Å²) in [5.41, 5.74) is -1.39. The summed E-state index contributed by atoms with van der Waals surface area (Å²) in [4.78, 5) is 21.1. The predicted molar refractivity (Wildman–Crippen MR) is 159 cm³/mol. The number of amides is 1. The molecule has 2 aliphatic rings. The molecule has 3 N–H and O–H groups in total. The van der Waals surface area contributed by atoms with Crippen molar-refractivity contribution in [3.8, 4) is 11.7 Å². The number of hydrogen-bond acceptors (Lipinski definition) is 8. The molecule has 0 spiro atoms. The Balaban J connectivity index is 1.64. The smallest absolute Gasteiger partial charge is 0.397 e. The van der Waals surface area contributed by atoms with E-state index in [0.717, 1.165) is 18.4 Å². The lowest BCUT2D eigenvalue weighted by Crippen LogP contribution is -2.40.